The van der Waals surface area contributed by atoms with Crippen LogP contribution in [0.4, 0.5) is 8.78 Å². The molecule has 1 unspecified atom stereocenters. The zero-order chi connectivity index (χ0) is 12.3. The molecule has 0 heterocycles. The van der Waals surface area contributed by atoms with E-state index in [4.69, 9.17) is 16.7 Å². The minimum Gasteiger partial charge on any atom is -0.508 e. The molecule has 0 fully saturated rings. The van der Waals surface area contributed by atoms with Gasteiger partial charge < -0.3 is 10.2 Å². The summed E-state index contributed by atoms with van der Waals surface area (Å²) in [7, 11) is 0. The quantitative estimate of drug-likeness (QED) is 0.864. The number of halogens is 3. The van der Waals surface area contributed by atoms with Gasteiger partial charge in [-0.05, 0) is 18.2 Å². The smallest absolute Gasteiger partial charge is 0.304 e. The Morgan fingerprint density at radius 1 is 1.44 bits per heavy atom. The van der Waals surface area contributed by atoms with Crippen LogP contribution < -0.4 is 0 Å². The van der Waals surface area contributed by atoms with Crippen LogP contribution in [0.2, 0.25) is 5.02 Å². The average Bonchev–Trinajstić information content (AvgIpc) is 2.18. The van der Waals surface area contributed by atoms with E-state index in [0.29, 0.717) is 0 Å². The Kier molecular flexibility index (Phi) is 4.06. The second-order valence-corrected chi connectivity index (χ2v) is 3.68. The van der Waals surface area contributed by atoms with E-state index in [-0.39, 0.29) is 16.3 Å². The molecule has 0 aliphatic heterocycles. The summed E-state index contributed by atoms with van der Waals surface area (Å²) in [6.07, 6.45) is -3.63. The summed E-state index contributed by atoms with van der Waals surface area (Å²) in [4.78, 5) is 10.4. The first-order chi connectivity index (χ1) is 7.41. The van der Waals surface area contributed by atoms with Crippen molar-refractivity contribution in [2.45, 2.75) is 18.8 Å². The van der Waals surface area contributed by atoms with Crippen molar-refractivity contribution in [3.05, 3.63) is 28.8 Å². The number of phenols is 1. The van der Waals surface area contributed by atoms with Gasteiger partial charge in [-0.15, -0.1) is 0 Å². The normalized spacial score (nSPS) is 12.8. The molecule has 16 heavy (non-hydrogen) atoms. The molecule has 1 atom stereocenters. The first-order valence-electron chi connectivity index (χ1n) is 4.40. The van der Waals surface area contributed by atoms with Crippen LogP contribution in [0.3, 0.4) is 0 Å². The van der Waals surface area contributed by atoms with E-state index in [1.165, 1.54) is 6.07 Å². The van der Waals surface area contributed by atoms with Crippen molar-refractivity contribution >= 4 is 17.6 Å². The molecule has 0 aliphatic carbocycles. The number of alkyl halides is 2. The molecule has 2 N–H and O–H groups in total. The van der Waals surface area contributed by atoms with Crippen molar-refractivity contribution in [1.82, 2.24) is 0 Å². The summed E-state index contributed by atoms with van der Waals surface area (Å²) < 4.78 is 25.3. The van der Waals surface area contributed by atoms with Gasteiger partial charge in [-0.1, -0.05) is 11.6 Å². The van der Waals surface area contributed by atoms with Crippen molar-refractivity contribution < 1.29 is 23.8 Å². The number of carboxylic acids is 1. The number of rotatable bonds is 4. The number of hydrogen-bond donors (Lipinski definition) is 2. The highest BCUT2D eigenvalue weighted by molar-refractivity contribution is 6.30. The Bertz CT molecular complexity index is 396. The van der Waals surface area contributed by atoms with Crippen LogP contribution in [-0.2, 0) is 4.79 Å². The van der Waals surface area contributed by atoms with Gasteiger partial charge in [0.05, 0.1) is 12.3 Å². The SMILES string of the molecule is O=C(O)CC(c1cc(Cl)ccc1O)C(F)F. The summed E-state index contributed by atoms with van der Waals surface area (Å²) >= 11 is 5.60. The maximum Gasteiger partial charge on any atom is 0.304 e. The van der Waals surface area contributed by atoms with Gasteiger partial charge in [-0.2, -0.15) is 0 Å². The lowest BCUT2D eigenvalue weighted by Crippen LogP contribution is -2.14. The van der Waals surface area contributed by atoms with Crippen LogP contribution in [-0.4, -0.2) is 22.6 Å². The number of hydrogen-bond acceptors (Lipinski definition) is 2. The third-order valence-corrected chi connectivity index (χ3v) is 2.32. The van der Waals surface area contributed by atoms with Gasteiger partial charge in [0, 0.05) is 10.6 Å². The van der Waals surface area contributed by atoms with Gasteiger partial charge in [0.25, 0.3) is 0 Å². The molecule has 0 saturated heterocycles. The lowest BCUT2D eigenvalue weighted by Gasteiger charge is -2.15. The number of aromatic hydroxyl groups is 1. The number of phenolic OH excluding ortho intramolecular Hbond substituents is 1. The summed E-state index contributed by atoms with van der Waals surface area (Å²) in [6, 6.07) is 3.65. The highest BCUT2D eigenvalue weighted by Gasteiger charge is 2.27. The molecular formula is C10H9ClF2O3. The predicted molar refractivity (Wildman–Crippen MR) is 54.1 cm³/mol. The van der Waals surface area contributed by atoms with Gasteiger partial charge in [-0.3, -0.25) is 4.79 Å². The van der Waals surface area contributed by atoms with Gasteiger partial charge in [0.1, 0.15) is 5.75 Å². The van der Waals surface area contributed by atoms with Crippen LogP contribution in [0.25, 0.3) is 0 Å². The molecule has 1 rings (SSSR count). The standard InChI is InChI=1S/C10H9ClF2O3/c11-5-1-2-8(14)6(3-5)7(10(12)13)4-9(15)16/h1-3,7,10,14H,4H2,(H,15,16). The van der Waals surface area contributed by atoms with Crippen LogP contribution in [0.5, 0.6) is 5.75 Å². The second kappa shape index (κ2) is 5.12. The molecule has 1 aromatic carbocycles. The Morgan fingerprint density at radius 2 is 2.06 bits per heavy atom. The summed E-state index contributed by atoms with van der Waals surface area (Å²) in [5.74, 6) is -3.29. The first kappa shape index (κ1) is 12.7. The molecule has 0 saturated carbocycles. The van der Waals surface area contributed by atoms with E-state index in [9.17, 15) is 18.7 Å². The number of carboxylic acid groups (broad SMARTS) is 1. The van der Waals surface area contributed by atoms with E-state index in [0.717, 1.165) is 12.1 Å². The number of carbonyl (C=O) groups is 1. The van der Waals surface area contributed by atoms with Crippen LogP contribution in [0, 0.1) is 0 Å². The maximum absolute atomic E-state index is 12.6. The molecule has 6 heteroatoms. The highest BCUT2D eigenvalue weighted by Crippen LogP contribution is 2.34. The molecule has 0 amide bonds. The lowest BCUT2D eigenvalue weighted by atomic mass is 9.95. The molecule has 0 bridgehead atoms. The van der Waals surface area contributed by atoms with Gasteiger partial charge in [-0.25, -0.2) is 8.78 Å². The molecule has 0 aliphatic rings. The van der Waals surface area contributed by atoms with Crippen LogP contribution in [0.1, 0.15) is 17.9 Å². The Morgan fingerprint density at radius 3 is 2.56 bits per heavy atom. The molecular weight excluding hydrogens is 242 g/mol. The summed E-state index contributed by atoms with van der Waals surface area (Å²) in [5.41, 5.74) is -0.148. The Hall–Kier alpha value is -1.36. The fraction of sp³-hybridized carbons (Fsp3) is 0.300. The molecule has 1 aromatic rings. The van der Waals surface area contributed by atoms with Gasteiger partial charge >= 0.3 is 5.97 Å². The summed E-state index contributed by atoms with van der Waals surface area (Å²) in [6.45, 7) is 0. The molecule has 0 radical (unpaired) electrons. The summed E-state index contributed by atoms with van der Waals surface area (Å²) in [5, 5.41) is 18.1. The van der Waals surface area contributed by atoms with Crippen molar-refractivity contribution in [2.75, 3.05) is 0 Å². The molecule has 0 spiro atoms. The van der Waals surface area contributed by atoms with Crippen molar-refractivity contribution in [3.63, 3.8) is 0 Å². The van der Waals surface area contributed by atoms with Crippen molar-refractivity contribution in [3.8, 4) is 5.75 Å². The van der Waals surface area contributed by atoms with Crippen molar-refractivity contribution in [1.29, 1.82) is 0 Å². The Labute approximate surface area is 95.3 Å². The zero-order valence-corrected chi connectivity index (χ0v) is 8.79. The fourth-order valence-corrected chi connectivity index (χ4v) is 1.53. The van der Waals surface area contributed by atoms with Gasteiger partial charge in [0.15, 0.2) is 0 Å². The van der Waals surface area contributed by atoms with E-state index in [1.54, 1.807) is 0 Å². The number of benzene rings is 1. The third-order valence-electron chi connectivity index (χ3n) is 2.09. The second-order valence-electron chi connectivity index (χ2n) is 3.24. The molecule has 3 nitrogen and oxygen atoms in total. The zero-order valence-electron chi connectivity index (χ0n) is 8.03. The first-order valence-corrected chi connectivity index (χ1v) is 4.78. The van der Waals surface area contributed by atoms with Gasteiger partial charge in [0.2, 0.25) is 6.43 Å². The van der Waals surface area contributed by atoms with Crippen LogP contribution >= 0.6 is 11.6 Å². The molecule has 0 aromatic heterocycles. The number of aliphatic carboxylic acids is 1. The average molecular weight is 251 g/mol. The minimum absolute atomic E-state index is 0.148. The topological polar surface area (TPSA) is 57.5 Å². The van der Waals surface area contributed by atoms with E-state index >= 15 is 0 Å². The molecule has 88 valence electrons. The van der Waals surface area contributed by atoms with Crippen LogP contribution in [0.15, 0.2) is 18.2 Å². The Balaban J connectivity index is 3.09. The fourth-order valence-electron chi connectivity index (χ4n) is 1.35. The minimum atomic E-state index is -2.87. The highest BCUT2D eigenvalue weighted by atomic mass is 35.5. The largest absolute Gasteiger partial charge is 0.508 e. The predicted octanol–water partition coefficient (Wildman–Crippen LogP) is 2.87. The lowest BCUT2D eigenvalue weighted by molar-refractivity contribution is -0.138. The van der Waals surface area contributed by atoms with Crippen molar-refractivity contribution in [2.24, 2.45) is 0 Å². The van der Waals surface area contributed by atoms with E-state index in [1.807, 2.05) is 0 Å². The monoisotopic (exact) mass is 250 g/mol. The van der Waals surface area contributed by atoms with E-state index in [2.05, 4.69) is 0 Å². The van der Waals surface area contributed by atoms with E-state index < -0.39 is 24.7 Å². The third kappa shape index (κ3) is 3.06. The maximum atomic E-state index is 12.6.